The standard InChI is InChI=1S/C23H27N3O4/c1-14(2)21(15-8-10-16(30-3)11-9-15)26-20(27)13-12-19-23(29)24-18-7-5-4-6-17(18)22(28)25-19/h4-11,14,19,21H,12-13H2,1-3H3,(H,24,29)(H,25,28)(H,26,27)/t19-,21-/m0/s1. The van der Waals surface area contributed by atoms with Crippen molar-refractivity contribution < 1.29 is 19.1 Å². The molecule has 7 nitrogen and oxygen atoms in total. The summed E-state index contributed by atoms with van der Waals surface area (Å²) >= 11 is 0. The zero-order valence-corrected chi connectivity index (χ0v) is 17.4. The van der Waals surface area contributed by atoms with Crippen LogP contribution in [0.2, 0.25) is 0 Å². The van der Waals surface area contributed by atoms with Crippen LogP contribution in [0.3, 0.4) is 0 Å². The molecule has 0 spiro atoms. The zero-order chi connectivity index (χ0) is 21.7. The molecule has 0 aliphatic carbocycles. The Morgan fingerprint density at radius 2 is 1.80 bits per heavy atom. The van der Waals surface area contributed by atoms with Crippen LogP contribution in [0.15, 0.2) is 48.5 Å². The van der Waals surface area contributed by atoms with Gasteiger partial charge in [-0.3, -0.25) is 14.4 Å². The fourth-order valence-corrected chi connectivity index (χ4v) is 3.48. The van der Waals surface area contributed by atoms with Gasteiger partial charge in [0, 0.05) is 6.42 Å². The van der Waals surface area contributed by atoms with Gasteiger partial charge in [-0.05, 0) is 42.2 Å². The van der Waals surface area contributed by atoms with Crippen LogP contribution in [0, 0.1) is 5.92 Å². The molecule has 2 aromatic carbocycles. The second-order valence-electron chi connectivity index (χ2n) is 7.66. The number of carbonyl (C=O) groups excluding carboxylic acids is 3. The Kier molecular flexibility index (Phi) is 6.72. The third-order valence-electron chi connectivity index (χ3n) is 5.17. The molecule has 2 atom stereocenters. The molecule has 0 radical (unpaired) electrons. The summed E-state index contributed by atoms with van der Waals surface area (Å²) < 4.78 is 5.19. The van der Waals surface area contributed by atoms with Gasteiger partial charge in [0.25, 0.3) is 5.91 Å². The van der Waals surface area contributed by atoms with Gasteiger partial charge in [0.15, 0.2) is 0 Å². The predicted octanol–water partition coefficient (Wildman–Crippen LogP) is 3.04. The van der Waals surface area contributed by atoms with Crippen molar-refractivity contribution >= 4 is 23.4 Å². The van der Waals surface area contributed by atoms with Crippen LogP contribution in [0.25, 0.3) is 0 Å². The minimum atomic E-state index is -0.769. The van der Waals surface area contributed by atoms with Gasteiger partial charge >= 0.3 is 0 Å². The highest BCUT2D eigenvalue weighted by Crippen LogP contribution is 2.24. The average molecular weight is 409 g/mol. The molecule has 1 aliphatic rings. The smallest absolute Gasteiger partial charge is 0.254 e. The summed E-state index contributed by atoms with van der Waals surface area (Å²) in [6.45, 7) is 4.07. The van der Waals surface area contributed by atoms with Crippen LogP contribution in [0.1, 0.15) is 48.7 Å². The minimum absolute atomic E-state index is 0.119. The number of hydrogen-bond donors (Lipinski definition) is 3. The van der Waals surface area contributed by atoms with Crippen molar-refractivity contribution in [2.45, 2.75) is 38.8 Å². The van der Waals surface area contributed by atoms with Gasteiger partial charge in [-0.25, -0.2) is 0 Å². The lowest BCUT2D eigenvalue weighted by molar-refractivity contribution is -0.122. The van der Waals surface area contributed by atoms with Crippen LogP contribution in [-0.2, 0) is 9.59 Å². The largest absolute Gasteiger partial charge is 0.497 e. The van der Waals surface area contributed by atoms with Gasteiger partial charge in [0.2, 0.25) is 11.8 Å². The van der Waals surface area contributed by atoms with Crippen LogP contribution in [-0.4, -0.2) is 30.9 Å². The number of ether oxygens (including phenoxy) is 1. The van der Waals surface area contributed by atoms with Crippen molar-refractivity contribution in [3.05, 3.63) is 59.7 Å². The van der Waals surface area contributed by atoms with Crippen LogP contribution >= 0.6 is 0 Å². The van der Waals surface area contributed by atoms with E-state index in [-0.39, 0.29) is 42.5 Å². The molecule has 1 aliphatic heterocycles. The molecule has 3 amide bonds. The van der Waals surface area contributed by atoms with Crippen molar-refractivity contribution in [2.24, 2.45) is 5.92 Å². The van der Waals surface area contributed by atoms with E-state index in [1.807, 2.05) is 38.1 Å². The Hall–Kier alpha value is -3.35. The molecule has 0 saturated heterocycles. The molecule has 1 heterocycles. The Labute approximate surface area is 176 Å². The quantitative estimate of drug-likeness (QED) is 0.655. The van der Waals surface area contributed by atoms with E-state index in [2.05, 4.69) is 16.0 Å². The van der Waals surface area contributed by atoms with E-state index in [1.165, 1.54) is 0 Å². The minimum Gasteiger partial charge on any atom is -0.497 e. The molecule has 0 aromatic heterocycles. The SMILES string of the molecule is COc1ccc([C@@H](NC(=O)CC[C@@H]2NC(=O)c3ccccc3NC2=O)C(C)C)cc1. The maximum absolute atomic E-state index is 12.6. The second-order valence-corrected chi connectivity index (χ2v) is 7.66. The summed E-state index contributed by atoms with van der Waals surface area (Å²) in [5.41, 5.74) is 1.87. The topological polar surface area (TPSA) is 96.5 Å². The highest BCUT2D eigenvalue weighted by Gasteiger charge is 2.28. The first kappa shape index (κ1) is 21.4. The van der Waals surface area contributed by atoms with E-state index in [0.717, 1.165) is 11.3 Å². The Bertz CT molecular complexity index is 924. The summed E-state index contributed by atoms with van der Waals surface area (Å²) in [7, 11) is 1.61. The molecule has 3 N–H and O–H groups in total. The number of methoxy groups -OCH3 is 1. The van der Waals surface area contributed by atoms with E-state index >= 15 is 0 Å². The van der Waals surface area contributed by atoms with E-state index in [0.29, 0.717) is 11.3 Å². The number of hydrogen-bond acceptors (Lipinski definition) is 4. The molecule has 7 heteroatoms. The third kappa shape index (κ3) is 4.97. The van der Waals surface area contributed by atoms with Gasteiger partial charge in [0.05, 0.1) is 24.4 Å². The number of benzene rings is 2. The van der Waals surface area contributed by atoms with Crippen molar-refractivity contribution in [1.82, 2.24) is 10.6 Å². The zero-order valence-electron chi connectivity index (χ0n) is 17.4. The molecule has 0 fully saturated rings. The number of anilines is 1. The molecule has 3 rings (SSSR count). The monoisotopic (exact) mass is 409 g/mol. The lowest BCUT2D eigenvalue weighted by Crippen LogP contribution is -2.42. The molecular weight excluding hydrogens is 382 g/mol. The lowest BCUT2D eigenvalue weighted by atomic mass is 9.95. The second kappa shape index (κ2) is 9.43. The van der Waals surface area contributed by atoms with Crippen LogP contribution < -0.4 is 20.7 Å². The number of carbonyl (C=O) groups is 3. The van der Waals surface area contributed by atoms with E-state index in [1.54, 1.807) is 31.4 Å². The van der Waals surface area contributed by atoms with Gasteiger partial charge in [-0.15, -0.1) is 0 Å². The highest BCUT2D eigenvalue weighted by atomic mass is 16.5. The maximum atomic E-state index is 12.6. The van der Waals surface area contributed by atoms with Crippen LogP contribution in [0.4, 0.5) is 5.69 Å². The first-order chi connectivity index (χ1) is 14.4. The summed E-state index contributed by atoms with van der Waals surface area (Å²) in [6.07, 6.45) is 0.332. The molecular formula is C23H27N3O4. The Morgan fingerprint density at radius 3 is 2.47 bits per heavy atom. The van der Waals surface area contributed by atoms with Gasteiger partial charge in [-0.1, -0.05) is 38.1 Å². The Morgan fingerprint density at radius 1 is 1.10 bits per heavy atom. The predicted molar refractivity (Wildman–Crippen MR) is 114 cm³/mol. The lowest BCUT2D eigenvalue weighted by Gasteiger charge is -2.23. The normalized spacial score (nSPS) is 16.7. The van der Waals surface area contributed by atoms with E-state index in [9.17, 15) is 14.4 Å². The van der Waals surface area contributed by atoms with Crippen molar-refractivity contribution in [2.75, 3.05) is 12.4 Å². The number of para-hydroxylation sites is 1. The summed E-state index contributed by atoms with van der Waals surface area (Å²) in [4.78, 5) is 37.5. The number of nitrogens with one attached hydrogen (secondary N) is 3. The molecule has 0 bridgehead atoms. The first-order valence-corrected chi connectivity index (χ1v) is 10.0. The van der Waals surface area contributed by atoms with Gasteiger partial charge < -0.3 is 20.7 Å². The van der Waals surface area contributed by atoms with Gasteiger partial charge in [-0.2, -0.15) is 0 Å². The van der Waals surface area contributed by atoms with Crippen molar-refractivity contribution in [3.63, 3.8) is 0 Å². The van der Waals surface area contributed by atoms with Crippen LogP contribution in [0.5, 0.6) is 5.75 Å². The molecule has 2 aromatic rings. The maximum Gasteiger partial charge on any atom is 0.254 e. The summed E-state index contributed by atoms with van der Waals surface area (Å²) in [5, 5.41) is 8.52. The molecule has 30 heavy (non-hydrogen) atoms. The average Bonchev–Trinajstić information content (AvgIpc) is 2.86. The first-order valence-electron chi connectivity index (χ1n) is 10.0. The number of amides is 3. The summed E-state index contributed by atoms with van der Waals surface area (Å²) in [6, 6.07) is 13.5. The highest BCUT2D eigenvalue weighted by molar-refractivity contribution is 6.09. The van der Waals surface area contributed by atoms with Gasteiger partial charge in [0.1, 0.15) is 11.8 Å². The molecule has 0 unspecified atom stereocenters. The number of rotatable bonds is 7. The Balaban J connectivity index is 1.61. The van der Waals surface area contributed by atoms with Crippen molar-refractivity contribution in [3.8, 4) is 5.75 Å². The fraction of sp³-hybridized carbons (Fsp3) is 0.348. The third-order valence-corrected chi connectivity index (χ3v) is 5.17. The van der Waals surface area contributed by atoms with E-state index < -0.39 is 6.04 Å². The summed E-state index contributed by atoms with van der Waals surface area (Å²) in [5.74, 6) is 0.110. The van der Waals surface area contributed by atoms with E-state index in [4.69, 9.17) is 4.74 Å². The fourth-order valence-electron chi connectivity index (χ4n) is 3.48. The molecule has 0 saturated carbocycles. The molecule has 158 valence electrons. The van der Waals surface area contributed by atoms with Crippen molar-refractivity contribution in [1.29, 1.82) is 0 Å². The number of fused-ring (bicyclic) bond motifs is 1.